The van der Waals surface area contributed by atoms with E-state index < -0.39 is 0 Å². The molecular formula is C19H23N3O3. The molecule has 0 aliphatic rings. The van der Waals surface area contributed by atoms with Crippen LogP contribution in [0.5, 0.6) is 5.75 Å². The second-order valence-electron chi connectivity index (χ2n) is 5.64. The molecular weight excluding hydrogens is 318 g/mol. The summed E-state index contributed by atoms with van der Waals surface area (Å²) in [5, 5.41) is 5.41. The third-order valence-corrected chi connectivity index (χ3v) is 3.61. The van der Waals surface area contributed by atoms with Crippen molar-refractivity contribution in [2.45, 2.75) is 20.3 Å². The number of nitrogens with one attached hydrogen (secondary N) is 2. The van der Waals surface area contributed by atoms with Gasteiger partial charge in [-0.1, -0.05) is 25.1 Å². The third-order valence-electron chi connectivity index (χ3n) is 3.61. The topological polar surface area (TPSA) is 93.5 Å². The van der Waals surface area contributed by atoms with Gasteiger partial charge in [0.2, 0.25) is 5.91 Å². The van der Waals surface area contributed by atoms with Gasteiger partial charge in [-0.05, 0) is 48.7 Å². The molecule has 0 aliphatic carbocycles. The highest BCUT2D eigenvalue weighted by Gasteiger charge is 2.10. The summed E-state index contributed by atoms with van der Waals surface area (Å²) in [5.41, 5.74) is 8.50. The summed E-state index contributed by atoms with van der Waals surface area (Å²) < 4.78 is 5.49. The van der Waals surface area contributed by atoms with Crippen LogP contribution in [-0.4, -0.2) is 25.0 Å². The molecule has 0 atom stereocenters. The summed E-state index contributed by atoms with van der Waals surface area (Å²) in [6.45, 7) is 3.72. The molecule has 0 aliphatic heterocycles. The molecule has 0 saturated carbocycles. The Kier molecular flexibility index (Phi) is 6.54. The highest BCUT2D eigenvalue weighted by atomic mass is 16.5. The van der Waals surface area contributed by atoms with Crippen molar-refractivity contribution in [1.82, 2.24) is 0 Å². The Bertz CT molecular complexity index is 742. The van der Waals surface area contributed by atoms with E-state index in [4.69, 9.17) is 10.5 Å². The molecule has 132 valence electrons. The molecule has 0 radical (unpaired) electrons. The van der Waals surface area contributed by atoms with Crippen molar-refractivity contribution in [2.24, 2.45) is 5.73 Å². The van der Waals surface area contributed by atoms with E-state index >= 15 is 0 Å². The Labute approximate surface area is 147 Å². The average Bonchev–Trinajstić information content (AvgIpc) is 2.62. The molecule has 2 aromatic rings. The first-order valence-electron chi connectivity index (χ1n) is 8.14. The van der Waals surface area contributed by atoms with Gasteiger partial charge in [-0.3, -0.25) is 9.59 Å². The minimum atomic E-state index is -0.326. The van der Waals surface area contributed by atoms with Crippen LogP contribution < -0.4 is 21.1 Å². The van der Waals surface area contributed by atoms with Crippen molar-refractivity contribution < 1.29 is 14.3 Å². The number of anilines is 2. The van der Waals surface area contributed by atoms with Crippen molar-refractivity contribution in [3.63, 3.8) is 0 Å². The SMILES string of the molecule is CCc1ccc(OCC(=O)Nc2ccc(C)cc2NC(=O)CN)cc1. The van der Waals surface area contributed by atoms with Crippen LogP contribution in [0.15, 0.2) is 42.5 Å². The van der Waals surface area contributed by atoms with E-state index in [1.54, 1.807) is 12.1 Å². The quantitative estimate of drug-likeness (QED) is 0.721. The number of aryl methyl sites for hydroxylation is 2. The van der Waals surface area contributed by atoms with Crippen LogP contribution in [0.4, 0.5) is 11.4 Å². The lowest BCUT2D eigenvalue weighted by Crippen LogP contribution is -2.24. The van der Waals surface area contributed by atoms with Crippen molar-refractivity contribution in [3.8, 4) is 5.75 Å². The van der Waals surface area contributed by atoms with Crippen LogP contribution in [0.2, 0.25) is 0 Å². The van der Waals surface area contributed by atoms with Crippen LogP contribution in [0.25, 0.3) is 0 Å². The van der Waals surface area contributed by atoms with Gasteiger partial charge in [-0.2, -0.15) is 0 Å². The second kappa shape index (κ2) is 8.84. The largest absolute Gasteiger partial charge is 0.484 e. The molecule has 0 fully saturated rings. The number of amides is 2. The van der Waals surface area contributed by atoms with Crippen molar-refractivity contribution in [3.05, 3.63) is 53.6 Å². The van der Waals surface area contributed by atoms with E-state index in [2.05, 4.69) is 17.6 Å². The zero-order chi connectivity index (χ0) is 18.2. The second-order valence-corrected chi connectivity index (χ2v) is 5.64. The van der Waals surface area contributed by atoms with E-state index in [-0.39, 0.29) is 25.0 Å². The lowest BCUT2D eigenvalue weighted by molar-refractivity contribution is -0.118. The Morgan fingerprint density at radius 3 is 2.32 bits per heavy atom. The summed E-state index contributed by atoms with van der Waals surface area (Å²) in [7, 11) is 0. The van der Waals surface area contributed by atoms with E-state index in [0.29, 0.717) is 17.1 Å². The molecule has 0 bridgehead atoms. The number of ether oxygens (including phenoxy) is 1. The Morgan fingerprint density at radius 1 is 1.00 bits per heavy atom. The van der Waals surface area contributed by atoms with Gasteiger partial charge in [0.1, 0.15) is 5.75 Å². The van der Waals surface area contributed by atoms with E-state index in [1.807, 2.05) is 37.3 Å². The maximum absolute atomic E-state index is 12.1. The zero-order valence-corrected chi connectivity index (χ0v) is 14.5. The summed E-state index contributed by atoms with van der Waals surface area (Å²) in [5.74, 6) is -0.00653. The Balaban J connectivity index is 1.98. The molecule has 0 spiro atoms. The fraction of sp³-hybridized carbons (Fsp3) is 0.263. The van der Waals surface area contributed by atoms with Crippen molar-refractivity contribution >= 4 is 23.2 Å². The first kappa shape index (κ1) is 18.5. The Hall–Kier alpha value is -2.86. The zero-order valence-electron chi connectivity index (χ0n) is 14.5. The number of rotatable bonds is 7. The molecule has 0 unspecified atom stereocenters. The summed E-state index contributed by atoms with van der Waals surface area (Å²) in [6.07, 6.45) is 0.950. The Morgan fingerprint density at radius 2 is 1.68 bits per heavy atom. The fourth-order valence-corrected chi connectivity index (χ4v) is 2.23. The van der Waals surface area contributed by atoms with Crippen LogP contribution in [-0.2, 0) is 16.0 Å². The smallest absolute Gasteiger partial charge is 0.262 e. The van der Waals surface area contributed by atoms with Gasteiger partial charge in [0.25, 0.3) is 5.91 Å². The van der Waals surface area contributed by atoms with Gasteiger partial charge in [0, 0.05) is 0 Å². The maximum atomic E-state index is 12.1. The molecule has 2 amide bonds. The molecule has 0 heterocycles. The number of nitrogens with two attached hydrogens (primary N) is 1. The molecule has 4 N–H and O–H groups in total. The molecule has 2 aromatic carbocycles. The first-order chi connectivity index (χ1) is 12.0. The predicted octanol–water partition coefficient (Wildman–Crippen LogP) is 2.47. The van der Waals surface area contributed by atoms with Crippen LogP contribution in [0.3, 0.4) is 0 Å². The average molecular weight is 341 g/mol. The van der Waals surface area contributed by atoms with Crippen LogP contribution in [0, 0.1) is 6.92 Å². The number of carbonyl (C=O) groups is 2. The molecule has 0 saturated heterocycles. The van der Waals surface area contributed by atoms with E-state index in [0.717, 1.165) is 12.0 Å². The third kappa shape index (κ3) is 5.61. The lowest BCUT2D eigenvalue weighted by Gasteiger charge is -2.13. The summed E-state index contributed by atoms with van der Waals surface area (Å²) in [6, 6.07) is 13.0. The van der Waals surface area contributed by atoms with Gasteiger partial charge >= 0.3 is 0 Å². The lowest BCUT2D eigenvalue weighted by atomic mass is 10.2. The highest BCUT2D eigenvalue weighted by molar-refractivity contribution is 6.00. The number of hydrogen-bond donors (Lipinski definition) is 3. The number of carbonyl (C=O) groups excluding carboxylic acids is 2. The van der Waals surface area contributed by atoms with Gasteiger partial charge in [-0.15, -0.1) is 0 Å². The predicted molar refractivity (Wildman–Crippen MR) is 98.8 cm³/mol. The van der Waals surface area contributed by atoms with Crippen LogP contribution in [0.1, 0.15) is 18.1 Å². The van der Waals surface area contributed by atoms with E-state index in [9.17, 15) is 9.59 Å². The normalized spacial score (nSPS) is 10.2. The van der Waals surface area contributed by atoms with Crippen LogP contribution >= 0.6 is 0 Å². The van der Waals surface area contributed by atoms with Gasteiger partial charge < -0.3 is 21.1 Å². The number of hydrogen-bond acceptors (Lipinski definition) is 4. The molecule has 25 heavy (non-hydrogen) atoms. The van der Waals surface area contributed by atoms with Crippen molar-refractivity contribution in [1.29, 1.82) is 0 Å². The number of benzene rings is 2. The monoisotopic (exact) mass is 341 g/mol. The van der Waals surface area contributed by atoms with Crippen molar-refractivity contribution in [2.75, 3.05) is 23.8 Å². The van der Waals surface area contributed by atoms with Gasteiger partial charge in [0.15, 0.2) is 6.61 Å². The molecule has 6 heteroatoms. The summed E-state index contributed by atoms with van der Waals surface area (Å²) >= 11 is 0. The van der Waals surface area contributed by atoms with Gasteiger partial charge in [0.05, 0.1) is 17.9 Å². The fourth-order valence-electron chi connectivity index (χ4n) is 2.23. The minimum absolute atomic E-state index is 0.121. The summed E-state index contributed by atoms with van der Waals surface area (Å²) in [4.78, 5) is 23.6. The molecule has 2 rings (SSSR count). The first-order valence-corrected chi connectivity index (χ1v) is 8.14. The highest BCUT2D eigenvalue weighted by Crippen LogP contribution is 2.23. The van der Waals surface area contributed by atoms with Gasteiger partial charge in [-0.25, -0.2) is 0 Å². The molecule has 6 nitrogen and oxygen atoms in total. The maximum Gasteiger partial charge on any atom is 0.262 e. The molecule has 0 aromatic heterocycles. The van der Waals surface area contributed by atoms with E-state index in [1.165, 1.54) is 5.56 Å². The minimum Gasteiger partial charge on any atom is -0.484 e. The standard InChI is InChI=1S/C19H23N3O3/c1-3-14-5-7-15(8-6-14)25-12-19(24)21-16-9-4-13(2)10-17(16)22-18(23)11-20/h4-10H,3,11-12,20H2,1-2H3,(H,21,24)(H,22,23).